The molecule has 0 unspecified atom stereocenters. The molecule has 0 saturated heterocycles. The van der Waals surface area contributed by atoms with Crippen LogP contribution in [-0.4, -0.2) is 25.7 Å². The van der Waals surface area contributed by atoms with Gasteiger partial charge in [-0.05, 0) is 37.1 Å². The van der Waals surface area contributed by atoms with Crippen LogP contribution in [0, 0.1) is 6.92 Å². The van der Waals surface area contributed by atoms with Crippen LogP contribution in [0.1, 0.15) is 35.8 Å². The average Bonchev–Trinajstić information content (AvgIpc) is 3.10. The van der Waals surface area contributed by atoms with Crippen molar-refractivity contribution in [1.29, 1.82) is 0 Å². The first-order chi connectivity index (χ1) is 12.2. The molecule has 4 rings (SSSR count). The highest BCUT2D eigenvalue weighted by Gasteiger charge is 2.11. The van der Waals surface area contributed by atoms with Gasteiger partial charge in [-0.2, -0.15) is 0 Å². The first-order valence-corrected chi connectivity index (χ1v) is 8.39. The zero-order chi connectivity index (χ0) is 17.4. The molecular formula is C20H18N4O. The Morgan fingerprint density at radius 3 is 2.80 bits per heavy atom. The SMILES string of the molecule is CCCC(=O)c1cc(C)c(-c2cc3cnc4nccc4c3c[nH]2)cn1. The minimum Gasteiger partial charge on any atom is -0.360 e. The van der Waals surface area contributed by atoms with E-state index in [1.165, 1.54) is 0 Å². The lowest BCUT2D eigenvalue weighted by atomic mass is 10.0. The third-order valence-electron chi connectivity index (χ3n) is 4.44. The summed E-state index contributed by atoms with van der Waals surface area (Å²) in [4.78, 5) is 28.4. The van der Waals surface area contributed by atoms with Gasteiger partial charge in [0.25, 0.3) is 0 Å². The van der Waals surface area contributed by atoms with E-state index in [0.29, 0.717) is 12.1 Å². The van der Waals surface area contributed by atoms with E-state index in [2.05, 4.69) is 26.0 Å². The second kappa shape index (κ2) is 6.09. The van der Waals surface area contributed by atoms with Crippen LogP contribution < -0.4 is 0 Å². The molecule has 0 atom stereocenters. The summed E-state index contributed by atoms with van der Waals surface area (Å²) in [6.45, 7) is 4.00. The molecule has 0 aliphatic heterocycles. The van der Waals surface area contributed by atoms with Crippen molar-refractivity contribution in [2.24, 2.45) is 0 Å². The number of carbonyl (C=O) groups is 1. The second-order valence-corrected chi connectivity index (χ2v) is 6.21. The molecule has 124 valence electrons. The highest BCUT2D eigenvalue weighted by atomic mass is 16.1. The van der Waals surface area contributed by atoms with Gasteiger partial charge >= 0.3 is 0 Å². The molecule has 0 aliphatic carbocycles. The molecule has 0 bridgehead atoms. The van der Waals surface area contributed by atoms with E-state index in [0.717, 1.165) is 45.0 Å². The van der Waals surface area contributed by atoms with E-state index in [9.17, 15) is 4.79 Å². The van der Waals surface area contributed by atoms with Gasteiger partial charge < -0.3 is 4.98 Å². The Morgan fingerprint density at radius 2 is 2.00 bits per heavy atom. The summed E-state index contributed by atoms with van der Waals surface area (Å²) >= 11 is 0. The predicted octanol–water partition coefficient (Wildman–Crippen LogP) is 4.46. The van der Waals surface area contributed by atoms with Crippen molar-refractivity contribution in [3.63, 3.8) is 0 Å². The molecule has 5 nitrogen and oxygen atoms in total. The maximum absolute atomic E-state index is 12.0. The molecule has 4 aromatic rings. The van der Waals surface area contributed by atoms with Gasteiger partial charge in [-0.3, -0.25) is 9.78 Å². The number of ketones is 1. The number of nitrogens with one attached hydrogen (secondary N) is 1. The van der Waals surface area contributed by atoms with Gasteiger partial charge in [0.2, 0.25) is 0 Å². The van der Waals surface area contributed by atoms with Crippen molar-refractivity contribution in [3.8, 4) is 11.3 Å². The molecule has 0 spiro atoms. The summed E-state index contributed by atoms with van der Waals surface area (Å²) in [5, 5.41) is 3.17. The Balaban J connectivity index is 1.78. The molecule has 4 aromatic heterocycles. The summed E-state index contributed by atoms with van der Waals surface area (Å²) in [6.07, 6.45) is 8.72. The molecule has 5 heteroatoms. The lowest BCUT2D eigenvalue weighted by Gasteiger charge is -2.09. The third-order valence-corrected chi connectivity index (χ3v) is 4.44. The summed E-state index contributed by atoms with van der Waals surface area (Å²) in [5.41, 5.74) is 4.25. The topological polar surface area (TPSA) is 71.5 Å². The van der Waals surface area contributed by atoms with Gasteiger partial charge in [0.15, 0.2) is 11.4 Å². The number of hydrogen-bond acceptors (Lipinski definition) is 4. The number of pyridine rings is 3. The predicted molar refractivity (Wildman–Crippen MR) is 98.6 cm³/mol. The number of fused-ring (bicyclic) bond motifs is 3. The maximum Gasteiger partial charge on any atom is 0.181 e. The van der Waals surface area contributed by atoms with Crippen LogP contribution in [0.15, 0.2) is 43.0 Å². The monoisotopic (exact) mass is 330 g/mol. The first-order valence-electron chi connectivity index (χ1n) is 8.39. The lowest BCUT2D eigenvalue weighted by Crippen LogP contribution is -2.03. The van der Waals surface area contributed by atoms with Gasteiger partial charge in [-0.25, -0.2) is 9.97 Å². The minimum atomic E-state index is 0.0925. The largest absolute Gasteiger partial charge is 0.360 e. The fourth-order valence-electron chi connectivity index (χ4n) is 3.12. The van der Waals surface area contributed by atoms with Crippen molar-refractivity contribution in [2.75, 3.05) is 0 Å². The van der Waals surface area contributed by atoms with Gasteiger partial charge in [0.1, 0.15) is 5.69 Å². The molecule has 25 heavy (non-hydrogen) atoms. The Morgan fingerprint density at radius 1 is 1.12 bits per heavy atom. The van der Waals surface area contributed by atoms with Crippen LogP contribution in [0.3, 0.4) is 0 Å². The van der Waals surface area contributed by atoms with Crippen LogP contribution in [0.4, 0.5) is 0 Å². The number of hydrogen-bond donors (Lipinski definition) is 1. The quantitative estimate of drug-likeness (QED) is 0.561. The standard InChI is InChI=1S/C20H18N4O/c1-3-4-19(25)18-7-12(2)15(10-23-18)17-8-13-9-24-20-14(5-6-21-20)16(13)11-22-17/h5-11,22H,3-4H2,1-2H3. The van der Waals surface area contributed by atoms with Crippen LogP contribution in [0.2, 0.25) is 0 Å². The summed E-state index contributed by atoms with van der Waals surface area (Å²) in [5.74, 6) is 0.0925. The summed E-state index contributed by atoms with van der Waals surface area (Å²) in [7, 11) is 0. The number of aromatic nitrogens is 4. The van der Waals surface area contributed by atoms with E-state index in [1.54, 1.807) is 12.4 Å². The number of rotatable bonds is 4. The summed E-state index contributed by atoms with van der Waals surface area (Å²) < 4.78 is 0. The number of aryl methyl sites for hydroxylation is 1. The number of nitrogens with zero attached hydrogens (tertiary/aromatic N) is 3. The normalized spacial score (nSPS) is 11.3. The molecule has 0 aromatic carbocycles. The number of carbonyl (C=O) groups excluding carboxylic acids is 1. The molecule has 0 amide bonds. The van der Waals surface area contributed by atoms with E-state index < -0.39 is 0 Å². The van der Waals surface area contributed by atoms with E-state index in [1.807, 2.05) is 38.4 Å². The van der Waals surface area contributed by atoms with Gasteiger partial charge in [0.05, 0.1) is 0 Å². The molecule has 0 radical (unpaired) electrons. The number of H-pyrrole nitrogens is 1. The fourth-order valence-corrected chi connectivity index (χ4v) is 3.12. The smallest absolute Gasteiger partial charge is 0.181 e. The third kappa shape index (κ3) is 2.67. The Hall–Kier alpha value is -3.08. The maximum atomic E-state index is 12.0. The Kier molecular flexibility index (Phi) is 3.76. The van der Waals surface area contributed by atoms with Crippen LogP contribution >= 0.6 is 0 Å². The summed E-state index contributed by atoms with van der Waals surface area (Å²) in [6, 6.07) is 5.90. The van der Waals surface area contributed by atoms with Gasteiger partial charge in [-0.1, -0.05) is 6.92 Å². The molecular weight excluding hydrogens is 312 g/mol. The van der Waals surface area contributed by atoms with Crippen LogP contribution in [0.5, 0.6) is 0 Å². The molecule has 1 N–H and O–H groups in total. The van der Waals surface area contributed by atoms with Crippen molar-refractivity contribution in [2.45, 2.75) is 26.7 Å². The highest BCUT2D eigenvalue weighted by molar-refractivity contribution is 6.04. The highest BCUT2D eigenvalue weighted by Crippen LogP contribution is 2.27. The minimum absolute atomic E-state index is 0.0925. The zero-order valence-corrected chi connectivity index (χ0v) is 14.2. The molecule has 4 heterocycles. The van der Waals surface area contributed by atoms with Gasteiger partial charge in [0, 0.05) is 58.6 Å². The molecule has 0 aliphatic rings. The Labute approximate surface area is 145 Å². The van der Waals surface area contributed by atoms with Gasteiger partial charge in [-0.15, -0.1) is 0 Å². The van der Waals surface area contributed by atoms with E-state index in [4.69, 9.17) is 0 Å². The molecule has 0 saturated carbocycles. The van der Waals surface area contributed by atoms with Crippen molar-refractivity contribution in [3.05, 3.63) is 54.2 Å². The number of Topliss-reactive ketones (excluding diaryl/α,β-unsaturated/α-hetero) is 1. The molecule has 0 fully saturated rings. The lowest BCUT2D eigenvalue weighted by molar-refractivity contribution is 0.0977. The first kappa shape index (κ1) is 15.4. The van der Waals surface area contributed by atoms with E-state index >= 15 is 0 Å². The van der Waals surface area contributed by atoms with Crippen LogP contribution in [0.25, 0.3) is 33.1 Å². The fraction of sp³-hybridized carbons (Fsp3) is 0.200. The van der Waals surface area contributed by atoms with Crippen molar-refractivity contribution >= 4 is 27.6 Å². The average molecular weight is 330 g/mol. The second-order valence-electron chi connectivity index (χ2n) is 6.21. The van der Waals surface area contributed by atoms with E-state index in [-0.39, 0.29) is 5.78 Å². The Bertz CT molecular complexity index is 1100. The van der Waals surface area contributed by atoms with Crippen molar-refractivity contribution < 1.29 is 4.79 Å². The zero-order valence-electron chi connectivity index (χ0n) is 14.2. The van der Waals surface area contributed by atoms with Crippen molar-refractivity contribution in [1.82, 2.24) is 19.9 Å². The number of aromatic amines is 1. The van der Waals surface area contributed by atoms with Crippen LogP contribution in [-0.2, 0) is 0 Å².